The third kappa shape index (κ3) is 6.36. The number of ether oxygens (including phenoxy) is 1. The van der Waals surface area contributed by atoms with Gasteiger partial charge in [-0.15, -0.1) is 0 Å². The van der Waals surface area contributed by atoms with Gasteiger partial charge in [-0.2, -0.15) is 0 Å². The number of aromatic nitrogens is 1. The predicted octanol–water partition coefficient (Wildman–Crippen LogP) is 1.69. The van der Waals surface area contributed by atoms with Crippen LogP contribution in [0.3, 0.4) is 0 Å². The van der Waals surface area contributed by atoms with Gasteiger partial charge in [0.25, 0.3) is 5.91 Å². The lowest BCUT2D eigenvalue weighted by molar-refractivity contribution is -0.151. The molecule has 1 N–H and O–H groups in total. The maximum Gasteiger partial charge on any atom is 0.310 e. The van der Waals surface area contributed by atoms with Gasteiger partial charge >= 0.3 is 5.97 Å². The topological polar surface area (TPSA) is 88.6 Å². The molecule has 27 heavy (non-hydrogen) atoms. The van der Waals surface area contributed by atoms with Crippen LogP contribution in [0.15, 0.2) is 36.5 Å². The minimum Gasteiger partial charge on any atom is -0.455 e. The highest BCUT2D eigenvalue weighted by atomic mass is 16.5. The SMILES string of the molecule is CN(CC(=O)NC(C)(C)C)C(=O)COC(=O)Cc1cccc2cccnc12. The molecule has 1 aromatic heterocycles. The summed E-state index contributed by atoms with van der Waals surface area (Å²) in [5.74, 6) is -1.23. The number of amides is 2. The van der Waals surface area contributed by atoms with Gasteiger partial charge in [0, 0.05) is 24.2 Å². The molecular weight excluding hydrogens is 346 g/mol. The first kappa shape index (κ1) is 20.4. The fraction of sp³-hybridized carbons (Fsp3) is 0.400. The lowest BCUT2D eigenvalue weighted by atomic mass is 10.1. The Kier molecular flexibility index (Phi) is 6.50. The summed E-state index contributed by atoms with van der Waals surface area (Å²) in [6.45, 7) is 5.07. The van der Waals surface area contributed by atoms with Crippen LogP contribution in [0.5, 0.6) is 0 Å². The second-order valence-electron chi connectivity index (χ2n) is 7.38. The zero-order valence-corrected chi connectivity index (χ0v) is 16.1. The molecule has 0 aliphatic heterocycles. The monoisotopic (exact) mass is 371 g/mol. The third-order valence-electron chi connectivity index (χ3n) is 3.73. The van der Waals surface area contributed by atoms with E-state index >= 15 is 0 Å². The molecule has 7 heteroatoms. The van der Waals surface area contributed by atoms with Crippen molar-refractivity contribution in [1.29, 1.82) is 0 Å². The minimum absolute atomic E-state index is 0.0237. The van der Waals surface area contributed by atoms with Crippen molar-refractivity contribution in [2.75, 3.05) is 20.2 Å². The van der Waals surface area contributed by atoms with Crippen LogP contribution in [-0.2, 0) is 25.5 Å². The van der Waals surface area contributed by atoms with E-state index in [1.165, 1.54) is 11.9 Å². The van der Waals surface area contributed by atoms with Crippen LogP contribution in [0.2, 0.25) is 0 Å². The summed E-state index contributed by atoms with van der Waals surface area (Å²) in [5, 5.41) is 3.71. The molecule has 7 nitrogen and oxygen atoms in total. The van der Waals surface area contributed by atoms with Crippen LogP contribution in [0, 0.1) is 0 Å². The van der Waals surface area contributed by atoms with Gasteiger partial charge in [-0.05, 0) is 32.4 Å². The van der Waals surface area contributed by atoms with Crippen LogP contribution in [0.4, 0.5) is 0 Å². The van der Waals surface area contributed by atoms with Crippen LogP contribution in [-0.4, -0.2) is 53.4 Å². The average molecular weight is 371 g/mol. The van der Waals surface area contributed by atoms with Crippen molar-refractivity contribution in [1.82, 2.24) is 15.2 Å². The zero-order valence-electron chi connectivity index (χ0n) is 16.1. The fourth-order valence-electron chi connectivity index (χ4n) is 2.53. The number of carbonyl (C=O) groups is 3. The summed E-state index contributed by atoms with van der Waals surface area (Å²) in [7, 11) is 1.49. The van der Waals surface area contributed by atoms with E-state index in [-0.39, 0.29) is 24.4 Å². The van der Waals surface area contributed by atoms with E-state index in [9.17, 15) is 14.4 Å². The molecule has 0 aliphatic carbocycles. The normalized spacial score (nSPS) is 11.1. The van der Waals surface area contributed by atoms with Crippen molar-refractivity contribution in [2.45, 2.75) is 32.7 Å². The molecule has 1 heterocycles. The number of pyridine rings is 1. The van der Waals surface area contributed by atoms with Gasteiger partial charge in [-0.1, -0.05) is 24.3 Å². The molecule has 0 saturated heterocycles. The van der Waals surface area contributed by atoms with E-state index in [1.54, 1.807) is 12.3 Å². The molecule has 0 atom stereocenters. The zero-order chi connectivity index (χ0) is 20.0. The number of para-hydroxylation sites is 1. The largest absolute Gasteiger partial charge is 0.455 e. The summed E-state index contributed by atoms with van der Waals surface area (Å²) < 4.78 is 5.07. The maximum absolute atomic E-state index is 12.1. The Morgan fingerprint density at radius 3 is 2.56 bits per heavy atom. The van der Waals surface area contributed by atoms with E-state index in [1.807, 2.05) is 45.0 Å². The number of carbonyl (C=O) groups excluding carboxylic acids is 3. The van der Waals surface area contributed by atoms with Crippen molar-refractivity contribution < 1.29 is 19.1 Å². The highest BCUT2D eigenvalue weighted by molar-refractivity contribution is 5.88. The fourth-order valence-corrected chi connectivity index (χ4v) is 2.53. The van der Waals surface area contributed by atoms with Crippen molar-refractivity contribution in [3.8, 4) is 0 Å². The average Bonchev–Trinajstić information content (AvgIpc) is 2.58. The quantitative estimate of drug-likeness (QED) is 0.781. The Morgan fingerprint density at radius 1 is 1.15 bits per heavy atom. The molecule has 2 aromatic rings. The predicted molar refractivity (Wildman–Crippen MR) is 102 cm³/mol. The summed E-state index contributed by atoms with van der Waals surface area (Å²) in [6.07, 6.45) is 1.69. The standard InChI is InChI=1S/C20H25N3O4/c1-20(2,3)22-16(24)12-23(4)17(25)13-27-18(26)11-15-8-5-7-14-9-6-10-21-19(14)15/h5-10H,11-13H2,1-4H3,(H,22,24). The number of nitrogens with one attached hydrogen (secondary N) is 1. The summed E-state index contributed by atoms with van der Waals surface area (Å²) >= 11 is 0. The van der Waals surface area contributed by atoms with Gasteiger partial charge < -0.3 is 15.0 Å². The number of fused-ring (bicyclic) bond motifs is 1. The highest BCUT2D eigenvalue weighted by Gasteiger charge is 2.19. The summed E-state index contributed by atoms with van der Waals surface area (Å²) in [6, 6.07) is 9.31. The summed E-state index contributed by atoms with van der Waals surface area (Å²) in [5.41, 5.74) is 1.10. The van der Waals surface area contributed by atoms with E-state index in [0.29, 0.717) is 0 Å². The number of rotatable bonds is 6. The van der Waals surface area contributed by atoms with Crippen LogP contribution in [0.1, 0.15) is 26.3 Å². The maximum atomic E-state index is 12.1. The molecular formula is C20H25N3O4. The first-order chi connectivity index (χ1) is 12.7. The molecule has 2 rings (SSSR count). The second kappa shape index (κ2) is 8.62. The molecule has 0 radical (unpaired) electrons. The van der Waals surface area contributed by atoms with E-state index < -0.39 is 18.5 Å². The van der Waals surface area contributed by atoms with Crippen LogP contribution in [0.25, 0.3) is 10.9 Å². The Balaban J connectivity index is 1.85. The number of benzene rings is 1. The Labute approximate surface area is 158 Å². The van der Waals surface area contributed by atoms with Gasteiger partial charge in [0.15, 0.2) is 6.61 Å². The molecule has 0 spiro atoms. The Hall–Kier alpha value is -2.96. The molecule has 0 unspecified atom stereocenters. The molecule has 0 fully saturated rings. The molecule has 0 bridgehead atoms. The molecule has 2 amide bonds. The van der Waals surface area contributed by atoms with Crippen molar-refractivity contribution >= 4 is 28.7 Å². The van der Waals surface area contributed by atoms with Crippen LogP contribution >= 0.6 is 0 Å². The second-order valence-corrected chi connectivity index (χ2v) is 7.38. The lowest BCUT2D eigenvalue weighted by Gasteiger charge is -2.23. The number of hydrogen-bond donors (Lipinski definition) is 1. The van der Waals surface area contributed by atoms with E-state index in [4.69, 9.17) is 4.74 Å². The molecule has 1 aromatic carbocycles. The van der Waals surface area contributed by atoms with E-state index in [2.05, 4.69) is 10.3 Å². The Bertz CT molecular complexity index is 837. The van der Waals surface area contributed by atoms with E-state index in [0.717, 1.165) is 16.5 Å². The minimum atomic E-state index is -0.519. The van der Waals surface area contributed by atoms with Crippen molar-refractivity contribution in [3.63, 3.8) is 0 Å². The third-order valence-corrected chi connectivity index (χ3v) is 3.73. The van der Waals surface area contributed by atoms with Crippen molar-refractivity contribution in [3.05, 3.63) is 42.1 Å². The van der Waals surface area contributed by atoms with Gasteiger partial charge in [0.2, 0.25) is 5.91 Å². The van der Waals surface area contributed by atoms with Gasteiger partial charge in [-0.25, -0.2) is 0 Å². The highest BCUT2D eigenvalue weighted by Crippen LogP contribution is 2.16. The van der Waals surface area contributed by atoms with Crippen LogP contribution < -0.4 is 5.32 Å². The Morgan fingerprint density at radius 2 is 1.85 bits per heavy atom. The first-order valence-corrected chi connectivity index (χ1v) is 8.69. The smallest absolute Gasteiger partial charge is 0.310 e. The summed E-state index contributed by atoms with van der Waals surface area (Å²) in [4.78, 5) is 41.5. The number of hydrogen-bond acceptors (Lipinski definition) is 5. The van der Waals surface area contributed by atoms with Gasteiger partial charge in [0.1, 0.15) is 0 Å². The number of likely N-dealkylation sites (N-methyl/N-ethyl adjacent to an activating group) is 1. The number of esters is 1. The molecule has 0 aliphatic rings. The molecule has 144 valence electrons. The lowest BCUT2D eigenvalue weighted by Crippen LogP contribution is -2.46. The number of nitrogens with zero attached hydrogens (tertiary/aromatic N) is 2. The van der Waals surface area contributed by atoms with Crippen molar-refractivity contribution in [2.24, 2.45) is 0 Å². The van der Waals surface area contributed by atoms with Gasteiger partial charge in [0.05, 0.1) is 18.5 Å². The molecule has 0 saturated carbocycles. The first-order valence-electron chi connectivity index (χ1n) is 8.69. The van der Waals surface area contributed by atoms with Gasteiger partial charge in [-0.3, -0.25) is 19.4 Å².